The van der Waals surface area contributed by atoms with E-state index in [2.05, 4.69) is 245 Å². The molecular formula is C60H40N4. The molecule has 1 N–H and O–H groups in total. The smallest absolute Gasteiger partial charge is 0.134 e. The van der Waals surface area contributed by atoms with E-state index in [-0.39, 0.29) is 6.04 Å². The van der Waals surface area contributed by atoms with Gasteiger partial charge in [-0.1, -0.05) is 164 Å². The predicted octanol–water partition coefficient (Wildman–Crippen LogP) is 15.0. The van der Waals surface area contributed by atoms with Crippen molar-refractivity contribution < 1.29 is 0 Å². The molecule has 1 aliphatic heterocycles. The van der Waals surface area contributed by atoms with Crippen LogP contribution in [-0.4, -0.2) is 15.0 Å². The first-order chi connectivity index (χ1) is 31.7. The largest absolute Gasteiger partial charge is 0.359 e. The molecule has 13 rings (SSSR count). The molecular weight excluding hydrogens is 777 g/mol. The molecule has 4 nitrogen and oxygen atoms in total. The van der Waals surface area contributed by atoms with Crippen LogP contribution in [0.15, 0.2) is 236 Å². The van der Waals surface area contributed by atoms with Gasteiger partial charge >= 0.3 is 0 Å². The lowest BCUT2D eigenvalue weighted by Gasteiger charge is -2.26. The molecule has 1 atom stereocenters. The van der Waals surface area contributed by atoms with Gasteiger partial charge in [0.1, 0.15) is 5.84 Å². The minimum atomic E-state index is -0.118. The summed E-state index contributed by atoms with van der Waals surface area (Å²) in [6.07, 6.45) is 2.28. The van der Waals surface area contributed by atoms with Gasteiger partial charge in [-0.15, -0.1) is 0 Å². The van der Waals surface area contributed by atoms with Gasteiger partial charge in [-0.2, -0.15) is 0 Å². The number of hydrogen-bond acceptors (Lipinski definition) is 2. The Morgan fingerprint density at radius 2 is 0.906 bits per heavy atom. The molecule has 0 fully saturated rings. The highest BCUT2D eigenvalue weighted by Gasteiger charge is 2.24. The van der Waals surface area contributed by atoms with Gasteiger partial charge in [-0.05, 0) is 105 Å². The van der Waals surface area contributed by atoms with Crippen molar-refractivity contribution in [2.45, 2.75) is 6.04 Å². The van der Waals surface area contributed by atoms with Crippen molar-refractivity contribution in [3.63, 3.8) is 0 Å². The topological polar surface area (TPSA) is 34.2 Å². The molecule has 64 heavy (non-hydrogen) atoms. The van der Waals surface area contributed by atoms with E-state index in [9.17, 15) is 0 Å². The summed E-state index contributed by atoms with van der Waals surface area (Å²) < 4.78 is 4.83. The molecule has 12 aromatic rings. The zero-order valence-electron chi connectivity index (χ0n) is 34.9. The van der Waals surface area contributed by atoms with Gasteiger partial charge in [0, 0.05) is 38.2 Å². The first-order valence-corrected chi connectivity index (χ1v) is 22.0. The van der Waals surface area contributed by atoms with Gasteiger partial charge < -0.3 is 14.5 Å². The van der Waals surface area contributed by atoms with E-state index in [0.717, 1.165) is 28.3 Å². The molecule has 0 aliphatic carbocycles. The van der Waals surface area contributed by atoms with Crippen molar-refractivity contribution in [1.82, 2.24) is 14.5 Å². The quantitative estimate of drug-likeness (QED) is 0.178. The van der Waals surface area contributed by atoms with E-state index in [1.807, 2.05) is 0 Å². The summed E-state index contributed by atoms with van der Waals surface area (Å²) in [4.78, 5) is 5.24. The van der Waals surface area contributed by atoms with Crippen LogP contribution in [0, 0.1) is 0 Å². The number of fused-ring (bicyclic) bond motifs is 8. The molecule has 0 spiro atoms. The summed E-state index contributed by atoms with van der Waals surface area (Å²) in [6.45, 7) is 0. The zero-order valence-corrected chi connectivity index (χ0v) is 34.9. The van der Waals surface area contributed by atoms with Crippen molar-refractivity contribution in [2.75, 3.05) is 0 Å². The highest BCUT2D eigenvalue weighted by molar-refractivity contribution is 6.14. The van der Waals surface area contributed by atoms with Crippen LogP contribution in [0.25, 0.3) is 93.4 Å². The molecule has 0 radical (unpaired) electrons. The third kappa shape index (κ3) is 5.80. The lowest BCUT2D eigenvalue weighted by molar-refractivity contribution is 0.787. The van der Waals surface area contributed by atoms with Gasteiger partial charge in [-0.3, -0.25) is 0 Å². The second kappa shape index (κ2) is 14.6. The number of para-hydroxylation sites is 3. The third-order valence-corrected chi connectivity index (χ3v) is 13.1. The maximum absolute atomic E-state index is 5.24. The monoisotopic (exact) mass is 816 g/mol. The number of aromatic nitrogens is 2. The van der Waals surface area contributed by atoms with Crippen LogP contribution in [0.2, 0.25) is 0 Å². The summed E-state index contributed by atoms with van der Waals surface area (Å²) in [5, 5.41) is 13.6. The summed E-state index contributed by atoms with van der Waals surface area (Å²) in [5.41, 5.74) is 13.8. The van der Waals surface area contributed by atoms with Gasteiger partial charge in [0.05, 0.1) is 39.5 Å². The maximum Gasteiger partial charge on any atom is 0.134 e. The lowest BCUT2D eigenvalue weighted by Crippen LogP contribution is -2.31. The van der Waals surface area contributed by atoms with Gasteiger partial charge in [0.15, 0.2) is 0 Å². The van der Waals surface area contributed by atoms with Crippen molar-refractivity contribution in [3.8, 4) is 22.5 Å². The minimum absolute atomic E-state index is 0.118. The molecule has 0 bridgehead atoms. The number of nitrogens with one attached hydrogen (secondary N) is 1. The molecule has 0 saturated heterocycles. The fraction of sp³-hybridized carbons (Fsp3) is 0.0167. The second-order valence-corrected chi connectivity index (χ2v) is 16.8. The Kier molecular flexibility index (Phi) is 8.25. The standard InChI is InChI=1S/C60H40N4/c1-3-16-40(17-4-1)53-38-54(62-60(61-53)44-28-27-39-15-7-8-18-41(39)35-44)47-31-34-57(48-22-10-9-21-46(47)48)64-56-26-14-12-24-50(56)52-37-43(30-33-59(52)64)42-29-32-58-51(36-42)49-23-11-13-25-55(49)63(58)45-19-5-2-6-20-45/h1-38,54H,(H,61,62). The Hall–Kier alpha value is -8.47. The number of hydrogen-bond donors (Lipinski definition) is 1. The molecule has 2 aromatic heterocycles. The molecule has 4 heteroatoms. The molecule has 0 saturated carbocycles. The van der Waals surface area contributed by atoms with Crippen LogP contribution in [0.3, 0.4) is 0 Å². The summed E-state index contributed by atoms with van der Waals surface area (Å²) in [5.74, 6) is 0.865. The van der Waals surface area contributed by atoms with Gasteiger partial charge in [0.25, 0.3) is 0 Å². The second-order valence-electron chi connectivity index (χ2n) is 16.8. The number of nitrogens with zero attached hydrogens (tertiary/aromatic N) is 3. The third-order valence-electron chi connectivity index (χ3n) is 13.1. The SMILES string of the molecule is C1=C(c2ccccc2)N=C(c2ccc3ccccc3c2)NC1c1ccc(-n2c3ccccc3c3cc(-c4ccc5c(c4)c4ccccc4n5-c4ccccc4)ccc32)c2ccccc12. The van der Waals surface area contributed by atoms with E-state index in [1.54, 1.807) is 0 Å². The number of benzene rings is 10. The minimum Gasteiger partial charge on any atom is -0.359 e. The van der Waals surface area contributed by atoms with Gasteiger partial charge in [0.2, 0.25) is 0 Å². The molecule has 1 unspecified atom stereocenters. The Labute approximate surface area is 370 Å². The van der Waals surface area contributed by atoms with E-state index >= 15 is 0 Å². The summed E-state index contributed by atoms with van der Waals surface area (Å²) in [6, 6.07) is 81.2. The van der Waals surface area contributed by atoms with Crippen LogP contribution in [-0.2, 0) is 0 Å². The first kappa shape index (κ1) is 36.2. The van der Waals surface area contributed by atoms with Crippen LogP contribution < -0.4 is 5.32 Å². The van der Waals surface area contributed by atoms with E-state index in [1.165, 1.54) is 87.5 Å². The molecule has 10 aromatic carbocycles. The molecule has 0 amide bonds. The van der Waals surface area contributed by atoms with Crippen molar-refractivity contribution in [2.24, 2.45) is 4.99 Å². The van der Waals surface area contributed by atoms with Crippen molar-refractivity contribution in [3.05, 3.63) is 247 Å². The fourth-order valence-electron chi connectivity index (χ4n) is 10.2. The maximum atomic E-state index is 5.24. The Morgan fingerprint density at radius 3 is 1.62 bits per heavy atom. The van der Waals surface area contributed by atoms with Crippen molar-refractivity contribution >= 4 is 76.7 Å². The lowest BCUT2D eigenvalue weighted by atomic mass is 9.94. The fourth-order valence-corrected chi connectivity index (χ4v) is 10.2. The first-order valence-electron chi connectivity index (χ1n) is 22.0. The number of rotatable bonds is 6. The van der Waals surface area contributed by atoms with Crippen LogP contribution in [0.4, 0.5) is 0 Å². The Balaban J connectivity index is 0.940. The predicted molar refractivity (Wildman–Crippen MR) is 269 cm³/mol. The number of amidine groups is 1. The van der Waals surface area contributed by atoms with Crippen molar-refractivity contribution in [1.29, 1.82) is 0 Å². The van der Waals surface area contributed by atoms with Crippen LogP contribution >= 0.6 is 0 Å². The highest BCUT2D eigenvalue weighted by atomic mass is 15.1. The van der Waals surface area contributed by atoms with E-state index in [0.29, 0.717) is 0 Å². The number of aliphatic imine (C=N–C) groups is 1. The molecule has 1 aliphatic rings. The Bertz CT molecular complexity index is 3870. The normalized spacial score (nSPS) is 14.1. The van der Waals surface area contributed by atoms with E-state index < -0.39 is 0 Å². The van der Waals surface area contributed by atoms with E-state index in [4.69, 9.17) is 4.99 Å². The average Bonchev–Trinajstić information content (AvgIpc) is 3.88. The Morgan fingerprint density at radius 1 is 0.359 bits per heavy atom. The van der Waals surface area contributed by atoms with Crippen LogP contribution in [0.1, 0.15) is 22.7 Å². The summed E-state index contributed by atoms with van der Waals surface area (Å²) >= 11 is 0. The average molecular weight is 817 g/mol. The van der Waals surface area contributed by atoms with Gasteiger partial charge in [-0.25, -0.2) is 4.99 Å². The van der Waals surface area contributed by atoms with Crippen LogP contribution in [0.5, 0.6) is 0 Å². The molecule has 3 heterocycles. The highest BCUT2D eigenvalue weighted by Crippen LogP contribution is 2.41. The molecule has 300 valence electrons. The summed E-state index contributed by atoms with van der Waals surface area (Å²) in [7, 11) is 0. The zero-order chi connectivity index (χ0) is 42.1.